The van der Waals surface area contributed by atoms with Crippen LogP contribution in [0.2, 0.25) is 0 Å². The lowest BCUT2D eigenvalue weighted by molar-refractivity contribution is 0.273. The summed E-state index contributed by atoms with van der Waals surface area (Å²) in [6, 6.07) is 3.76. The average Bonchev–Trinajstić information content (AvgIpc) is 2.47. The van der Waals surface area contributed by atoms with E-state index < -0.39 is 7.12 Å². The molecule has 3 nitrogen and oxygen atoms in total. The molecule has 68 valence electrons. The number of aliphatic hydroxyl groups excluding tert-OH is 1. The van der Waals surface area contributed by atoms with E-state index in [1.165, 1.54) is 0 Å². The van der Waals surface area contributed by atoms with Gasteiger partial charge in [-0.05, 0) is 29.1 Å². The number of aliphatic hydroxyl groups is 1. The second-order valence-electron chi connectivity index (χ2n) is 3.30. The van der Waals surface area contributed by atoms with Crippen molar-refractivity contribution < 1.29 is 14.8 Å². The standard InChI is InChI=1S/C9H11BO3/c1-6-2-9-8(3-7(6)4-11)5-13-10(9)12/h2-3,11-12H,4-5H2,1H3. The molecular formula is C9H11BO3. The molecule has 0 atom stereocenters. The first-order valence-electron chi connectivity index (χ1n) is 4.25. The Morgan fingerprint density at radius 3 is 3.00 bits per heavy atom. The summed E-state index contributed by atoms with van der Waals surface area (Å²) in [5.41, 5.74) is 3.69. The minimum absolute atomic E-state index is 0.0369. The molecule has 2 N–H and O–H groups in total. The molecule has 0 radical (unpaired) electrons. The highest BCUT2D eigenvalue weighted by molar-refractivity contribution is 6.61. The zero-order chi connectivity index (χ0) is 9.42. The molecule has 0 bridgehead atoms. The van der Waals surface area contributed by atoms with Crippen molar-refractivity contribution in [2.75, 3.05) is 0 Å². The van der Waals surface area contributed by atoms with Gasteiger partial charge < -0.3 is 14.8 Å². The van der Waals surface area contributed by atoms with Gasteiger partial charge in [0.1, 0.15) is 0 Å². The third kappa shape index (κ3) is 1.37. The van der Waals surface area contributed by atoms with Gasteiger partial charge in [-0.25, -0.2) is 0 Å². The van der Waals surface area contributed by atoms with Gasteiger partial charge in [-0.15, -0.1) is 0 Å². The largest absolute Gasteiger partial charge is 0.491 e. The molecule has 0 amide bonds. The molecule has 4 heteroatoms. The van der Waals surface area contributed by atoms with Crippen molar-refractivity contribution in [2.24, 2.45) is 0 Å². The maximum absolute atomic E-state index is 9.38. The summed E-state index contributed by atoms with van der Waals surface area (Å²) in [5, 5.41) is 18.4. The molecule has 1 heterocycles. The van der Waals surface area contributed by atoms with E-state index >= 15 is 0 Å². The summed E-state index contributed by atoms with van der Waals surface area (Å²) < 4.78 is 5.05. The Morgan fingerprint density at radius 2 is 2.31 bits per heavy atom. The number of aryl methyl sites for hydroxylation is 1. The fraction of sp³-hybridized carbons (Fsp3) is 0.333. The number of benzene rings is 1. The van der Waals surface area contributed by atoms with Crippen molar-refractivity contribution in [3.63, 3.8) is 0 Å². The molecule has 1 aromatic rings. The molecule has 0 aromatic heterocycles. The summed E-state index contributed by atoms with van der Waals surface area (Å²) >= 11 is 0. The third-order valence-electron chi connectivity index (χ3n) is 2.43. The fourth-order valence-electron chi connectivity index (χ4n) is 1.61. The van der Waals surface area contributed by atoms with Crippen LogP contribution in [0, 0.1) is 6.92 Å². The predicted molar refractivity (Wildman–Crippen MR) is 49.5 cm³/mol. The van der Waals surface area contributed by atoms with E-state index in [0.29, 0.717) is 6.61 Å². The Morgan fingerprint density at radius 1 is 1.54 bits per heavy atom. The lowest BCUT2D eigenvalue weighted by atomic mass is 9.78. The van der Waals surface area contributed by atoms with Gasteiger partial charge in [0.25, 0.3) is 0 Å². The normalized spacial score (nSPS) is 14.8. The predicted octanol–water partition coefficient (Wildman–Crippen LogP) is -0.295. The lowest BCUT2D eigenvalue weighted by Gasteiger charge is -2.05. The quantitative estimate of drug-likeness (QED) is 0.580. The van der Waals surface area contributed by atoms with Crippen LogP contribution in [0.5, 0.6) is 0 Å². The highest BCUT2D eigenvalue weighted by atomic mass is 16.5. The second kappa shape index (κ2) is 3.14. The van der Waals surface area contributed by atoms with Crippen LogP contribution in [0.3, 0.4) is 0 Å². The van der Waals surface area contributed by atoms with E-state index in [9.17, 15) is 5.02 Å². The Balaban J connectivity index is 2.50. The van der Waals surface area contributed by atoms with Crippen molar-refractivity contribution in [3.05, 3.63) is 28.8 Å². The van der Waals surface area contributed by atoms with Gasteiger partial charge in [-0.1, -0.05) is 12.1 Å². The number of hydrogen-bond acceptors (Lipinski definition) is 3. The van der Waals surface area contributed by atoms with Gasteiger partial charge in [-0.3, -0.25) is 0 Å². The molecule has 1 aliphatic rings. The molecule has 0 spiro atoms. The van der Waals surface area contributed by atoms with E-state index in [1.807, 2.05) is 19.1 Å². The van der Waals surface area contributed by atoms with Crippen molar-refractivity contribution in [1.82, 2.24) is 0 Å². The minimum atomic E-state index is -0.790. The van der Waals surface area contributed by atoms with Crippen LogP contribution in [0.4, 0.5) is 0 Å². The summed E-state index contributed by atoms with van der Waals surface area (Å²) in [4.78, 5) is 0. The van der Waals surface area contributed by atoms with Gasteiger partial charge in [0, 0.05) is 0 Å². The molecule has 0 saturated carbocycles. The average molecular weight is 178 g/mol. The fourth-order valence-corrected chi connectivity index (χ4v) is 1.61. The van der Waals surface area contributed by atoms with Crippen molar-refractivity contribution in [2.45, 2.75) is 20.1 Å². The van der Waals surface area contributed by atoms with Gasteiger partial charge in [-0.2, -0.15) is 0 Å². The maximum Gasteiger partial charge on any atom is 0.491 e. The van der Waals surface area contributed by atoms with Gasteiger partial charge in [0.15, 0.2) is 0 Å². The molecule has 0 aliphatic carbocycles. The maximum atomic E-state index is 9.38. The van der Waals surface area contributed by atoms with E-state index in [4.69, 9.17) is 9.76 Å². The first-order valence-corrected chi connectivity index (χ1v) is 4.25. The molecule has 1 aliphatic heterocycles. The molecule has 2 rings (SSSR count). The van der Waals surface area contributed by atoms with E-state index in [0.717, 1.165) is 22.2 Å². The second-order valence-corrected chi connectivity index (χ2v) is 3.30. The van der Waals surface area contributed by atoms with Crippen LogP contribution < -0.4 is 5.46 Å². The third-order valence-corrected chi connectivity index (χ3v) is 2.43. The van der Waals surface area contributed by atoms with Gasteiger partial charge in [0.05, 0.1) is 13.2 Å². The highest BCUT2D eigenvalue weighted by Gasteiger charge is 2.27. The zero-order valence-electron chi connectivity index (χ0n) is 7.45. The van der Waals surface area contributed by atoms with Crippen LogP contribution in [0.1, 0.15) is 16.7 Å². The van der Waals surface area contributed by atoms with Crippen molar-refractivity contribution in [1.29, 1.82) is 0 Å². The van der Waals surface area contributed by atoms with Crippen molar-refractivity contribution in [3.8, 4) is 0 Å². The summed E-state index contributed by atoms with van der Waals surface area (Å²) in [7, 11) is -0.790. The van der Waals surface area contributed by atoms with E-state index in [2.05, 4.69) is 0 Å². The Bertz CT molecular complexity index is 338. The van der Waals surface area contributed by atoms with E-state index in [1.54, 1.807) is 0 Å². The van der Waals surface area contributed by atoms with Crippen LogP contribution >= 0.6 is 0 Å². The summed E-state index contributed by atoms with van der Waals surface area (Å²) in [6.45, 7) is 2.38. The Labute approximate surface area is 77.1 Å². The zero-order valence-corrected chi connectivity index (χ0v) is 7.45. The lowest BCUT2D eigenvalue weighted by Crippen LogP contribution is -2.28. The highest BCUT2D eigenvalue weighted by Crippen LogP contribution is 2.15. The minimum Gasteiger partial charge on any atom is -0.423 e. The molecular weight excluding hydrogens is 167 g/mol. The van der Waals surface area contributed by atoms with Crippen LogP contribution in [0.25, 0.3) is 0 Å². The molecule has 0 fully saturated rings. The SMILES string of the molecule is Cc1cc2c(cc1CO)COB2O. The van der Waals surface area contributed by atoms with Gasteiger partial charge >= 0.3 is 7.12 Å². The molecule has 13 heavy (non-hydrogen) atoms. The Hall–Kier alpha value is -0.835. The number of hydrogen-bond donors (Lipinski definition) is 2. The Kier molecular flexibility index (Phi) is 2.11. The topological polar surface area (TPSA) is 49.7 Å². The summed E-state index contributed by atoms with van der Waals surface area (Å²) in [6.07, 6.45) is 0. The van der Waals surface area contributed by atoms with Crippen LogP contribution in [-0.2, 0) is 17.9 Å². The van der Waals surface area contributed by atoms with Crippen LogP contribution in [-0.4, -0.2) is 17.2 Å². The summed E-state index contributed by atoms with van der Waals surface area (Å²) in [5.74, 6) is 0. The van der Waals surface area contributed by atoms with Crippen LogP contribution in [0.15, 0.2) is 12.1 Å². The molecule has 0 unspecified atom stereocenters. The van der Waals surface area contributed by atoms with E-state index in [-0.39, 0.29) is 6.61 Å². The molecule has 1 aromatic carbocycles. The monoisotopic (exact) mass is 178 g/mol. The smallest absolute Gasteiger partial charge is 0.423 e. The first kappa shape index (κ1) is 8.75. The number of fused-ring (bicyclic) bond motifs is 1. The van der Waals surface area contributed by atoms with Crippen molar-refractivity contribution >= 4 is 12.6 Å². The van der Waals surface area contributed by atoms with Gasteiger partial charge in [0.2, 0.25) is 0 Å². The number of rotatable bonds is 1. The molecule has 0 saturated heterocycles. The first-order chi connectivity index (χ1) is 6.22.